The second-order valence-corrected chi connectivity index (χ2v) is 5.80. The van der Waals surface area contributed by atoms with Gasteiger partial charge in [-0.2, -0.15) is 15.0 Å². The van der Waals surface area contributed by atoms with Crippen LogP contribution in [0.3, 0.4) is 0 Å². The largest absolute Gasteiger partial charge is 0.352 e. The van der Waals surface area contributed by atoms with E-state index in [1.54, 1.807) is 0 Å². The number of hydrogen-bond acceptors (Lipinski definition) is 6. The molecule has 1 aromatic heterocycles. The zero-order valence-corrected chi connectivity index (χ0v) is 12.5. The zero-order valence-electron chi connectivity index (χ0n) is 10.9. The fraction of sp³-hybridized carbons (Fsp3) is 0.700. The summed E-state index contributed by atoms with van der Waals surface area (Å²) in [5.41, 5.74) is 0. The Balaban J connectivity index is 3.01. The summed E-state index contributed by atoms with van der Waals surface area (Å²) in [6.07, 6.45) is 1.53. The van der Waals surface area contributed by atoms with Gasteiger partial charge in [-0.05, 0) is 20.8 Å². The van der Waals surface area contributed by atoms with Crippen LogP contribution in [0.1, 0.15) is 20.8 Å². The van der Waals surface area contributed by atoms with Crippen molar-refractivity contribution in [2.75, 3.05) is 22.8 Å². The molecule has 1 heterocycles. The topological polar surface area (TPSA) is 79.8 Å². The first kappa shape index (κ1) is 15.1. The lowest BCUT2D eigenvalue weighted by Gasteiger charge is -2.13. The first-order valence-electron chi connectivity index (χ1n) is 5.61. The van der Waals surface area contributed by atoms with Gasteiger partial charge in [-0.15, -0.1) is 11.6 Å². The predicted octanol–water partition coefficient (Wildman–Crippen LogP) is 1.47. The van der Waals surface area contributed by atoms with Crippen LogP contribution in [0.15, 0.2) is 5.16 Å². The number of anilines is 2. The lowest BCUT2D eigenvalue weighted by molar-refractivity contribution is 0.677. The Labute approximate surface area is 114 Å². The van der Waals surface area contributed by atoms with E-state index in [2.05, 4.69) is 25.6 Å². The highest BCUT2D eigenvalue weighted by Gasteiger charge is 2.11. The monoisotopic (exact) mass is 291 g/mol. The average molecular weight is 292 g/mol. The second kappa shape index (κ2) is 6.84. The summed E-state index contributed by atoms with van der Waals surface area (Å²) in [6.45, 7) is 5.86. The molecule has 0 amide bonds. The molecule has 18 heavy (non-hydrogen) atoms. The van der Waals surface area contributed by atoms with Crippen molar-refractivity contribution in [2.24, 2.45) is 0 Å². The molecule has 102 valence electrons. The van der Waals surface area contributed by atoms with E-state index in [1.807, 2.05) is 20.8 Å². The van der Waals surface area contributed by atoms with E-state index in [9.17, 15) is 4.21 Å². The van der Waals surface area contributed by atoms with Crippen LogP contribution < -0.4 is 10.6 Å². The van der Waals surface area contributed by atoms with Crippen molar-refractivity contribution in [3.05, 3.63) is 0 Å². The van der Waals surface area contributed by atoms with E-state index in [0.717, 1.165) is 0 Å². The van der Waals surface area contributed by atoms with E-state index < -0.39 is 10.8 Å². The van der Waals surface area contributed by atoms with E-state index in [0.29, 0.717) is 17.8 Å². The molecule has 0 spiro atoms. The number of halogens is 1. The zero-order chi connectivity index (χ0) is 13.7. The molecule has 0 radical (unpaired) electrons. The van der Waals surface area contributed by atoms with Crippen LogP contribution in [-0.2, 0) is 10.8 Å². The molecule has 0 bridgehead atoms. The quantitative estimate of drug-likeness (QED) is 0.773. The molecule has 0 aliphatic carbocycles. The summed E-state index contributed by atoms with van der Waals surface area (Å²) < 4.78 is 11.5. The van der Waals surface area contributed by atoms with E-state index in [1.165, 1.54) is 6.26 Å². The van der Waals surface area contributed by atoms with Gasteiger partial charge in [-0.1, -0.05) is 0 Å². The van der Waals surface area contributed by atoms with Crippen molar-refractivity contribution >= 4 is 34.3 Å². The predicted molar refractivity (Wildman–Crippen MR) is 74.7 cm³/mol. The van der Waals surface area contributed by atoms with E-state index >= 15 is 0 Å². The van der Waals surface area contributed by atoms with Gasteiger partial charge in [-0.3, -0.25) is 4.21 Å². The van der Waals surface area contributed by atoms with E-state index in [4.69, 9.17) is 11.6 Å². The number of alkyl halides is 1. The second-order valence-electron chi connectivity index (χ2n) is 4.22. The highest BCUT2D eigenvalue weighted by molar-refractivity contribution is 7.84. The summed E-state index contributed by atoms with van der Waals surface area (Å²) in [5, 5.41) is 6.34. The summed E-state index contributed by atoms with van der Waals surface area (Å²) in [4.78, 5) is 12.4. The van der Waals surface area contributed by atoms with Crippen LogP contribution >= 0.6 is 11.6 Å². The van der Waals surface area contributed by atoms with Gasteiger partial charge in [0.2, 0.25) is 17.1 Å². The standard InChI is InChI=1S/C10H18ClN5OS/c1-6(2)12-8-14-9(13-7(3)5-11)16-10(15-8)18(4)17/h6-7H,5H2,1-4H3,(H2,12,13,14,15,16). The van der Waals surface area contributed by atoms with Crippen molar-refractivity contribution in [2.45, 2.75) is 38.0 Å². The SMILES string of the molecule is CC(C)Nc1nc(NC(C)CCl)nc(S(C)=O)n1. The molecule has 1 aromatic rings. The van der Waals surface area contributed by atoms with Gasteiger partial charge in [0.25, 0.3) is 0 Å². The molecule has 0 fully saturated rings. The summed E-state index contributed by atoms with van der Waals surface area (Å²) in [5.74, 6) is 1.23. The minimum absolute atomic E-state index is 0.0270. The Morgan fingerprint density at radius 2 is 1.72 bits per heavy atom. The van der Waals surface area contributed by atoms with Crippen molar-refractivity contribution in [1.82, 2.24) is 15.0 Å². The molecule has 0 aromatic carbocycles. The highest BCUT2D eigenvalue weighted by atomic mass is 35.5. The maximum absolute atomic E-state index is 11.5. The molecule has 2 atom stereocenters. The third-order valence-corrected chi connectivity index (χ3v) is 3.06. The number of aromatic nitrogens is 3. The summed E-state index contributed by atoms with van der Waals surface area (Å²) in [6, 6.07) is 0.211. The molecule has 1 rings (SSSR count). The van der Waals surface area contributed by atoms with Crippen LogP contribution in [0.25, 0.3) is 0 Å². The van der Waals surface area contributed by atoms with Crippen LogP contribution in [0, 0.1) is 0 Å². The fourth-order valence-electron chi connectivity index (χ4n) is 1.13. The van der Waals surface area contributed by atoms with Crippen molar-refractivity contribution < 1.29 is 4.21 Å². The molecular weight excluding hydrogens is 274 g/mol. The third kappa shape index (κ3) is 4.73. The average Bonchev–Trinajstić information content (AvgIpc) is 2.27. The minimum atomic E-state index is -1.26. The summed E-state index contributed by atoms with van der Waals surface area (Å²) in [7, 11) is -1.26. The minimum Gasteiger partial charge on any atom is -0.352 e. The maximum Gasteiger partial charge on any atom is 0.228 e. The van der Waals surface area contributed by atoms with Gasteiger partial charge in [0.15, 0.2) is 0 Å². The normalized spacial score (nSPS) is 14.3. The molecule has 0 saturated heterocycles. The molecule has 0 aliphatic rings. The number of rotatable bonds is 6. The van der Waals surface area contributed by atoms with Gasteiger partial charge < -0.3 is 10.6 Å². The Kier molecular flexibility index (Phi) is 5.74. The maximum atomic E-state index is 11.5. The van der Waals surface area contributed by atoms with E-state index in [-0.39, 0.29) is 17.2 Å². The number of hydrogen-bond donors (Lipinski definition) is 2. The van der Waals surface area contributed by atoms with Crippen LogP contribution in [0.4, 0.5) is 11.9 Å². The summed E-state index contributed by atoms with van der Waals surface area (Å²) >= 11 is 5.72. The lowest BCUT2D eigenvalue weighted by Crippen LogP contribution is -2.21. The first-order valence-corrected chi connectivity index (χ1v) is 7.70. The molecule has 8 heteroatoms. The molecule has 2 N–H and O–H groups in total. The Morgan fingerprint density at radius 1 is 1.17 bits per heavy atom. The molecule has 6 nitrogen and oxygen atoms in total. The Bertz CT molecular complexity index is 429. The molecule has 2 unspecified atom stereocenters. The van der Waals surface area contributed by atoms with Gasteiger partial charge in [0, 0.05) is 24.2 Å². The Morgan fingerprint density at radius 3 is 2.17 bits per heavy atom. The fourth-order valence-corrected chi connectivity index (χ4v) is 1.64. The van der Waals surface area contributed by atoms with Crippen molar-refractivity contribution in [3.63, 3.8) is 0 Å². The van der Waals surface area contributed by atoms with Crippen LogP contribution in [-0.4, -0.2) is 43.4 Å². The highest BCUT2D eigenvalue weighted by Crippen LogP contribution is 2.10. The van der Waals surface area contributed by atoms with Gasteiger partial charge >= 0.3 is 0 Å². The number of nitrogens with zero attached hydrogens (tertiary/aromatic N) is 3. The van der Waals surface area contributed by atoms with Crippen LogP contribution in [0.2, 0.25) is 0 Å². The lowest BCUT2D eigenvalue weighted by atomic mass is 10.4. The molecular formula is C10H18ClN5OS. The first-order chi connectivity index (χ1) is 8.42. The smallest absolute Gasteiger partial charge is 0.228 e. The molecule has 0 saturated carbocycles. The van der Waals surface area contributed by atoms with Gasteiger partial charge in [-0.25, -0.2) is 0 Å². The van der Waals surface area contributed by atoms with Crippen LogP contribution in [0.5, 0.6) is 0 Å². The van der Waals surface area contributed by atoms with Crippen molar-refractivity contribution in [3.8, 4) is 0 Å². The third-order valence-electron chi connectivity index (χ3n) is 1.90. The number of nitrogens with one attached hydrogen (secondary N) is 2. The van der Waals surface area contributed by atoms with Gasteiger partial charge in [0.05, 0.1) is 10.8 Å². The Hall–Kier alpha value is -0.950. The molecule has 0 aliphatic heterocycles. The van der Waals surface area contributed by atoms with Gasteiger partial charge in [0.1, 0.15) is 0 Å². The van der Waals surface area contributed by atoms with Crippen molar-refractivity contribution in [1.29, 1.82) is 0 Å².